The summed E-state index contributed by atoms with van der Waals surface area (Å²) < 4.78 is 12.8. The first-order chi connectivity index (χ1) is 11.9. The topological polar surface area (TPSA) is 61.2 Å². The summed E-state index contributed by atoms with van der Waals surface area (Å²) in [7, 11) is 0. The number of allylic oxidation sites excluding steroid dienone is 1. The lowest BCUT2D eigenvalue weighted by molar-refractivity contribution is 0.174. The molecule has 1 aromatic heterocycles. The molecule has 0 aliphatic carbocycles. The highest BCUT2D eigenvalue weighted by atomic mass is 16.7. The molecule has 1 atom stereocenters. The van der Waals surface area contributed by atoms with Crippen molar-refractivity contribution < 1.29 is 9.47 Å². The van der Waals surface area contributed by atoms with Crippen LogP contribution in [-0.2, 0) is 0 Å². The Labute approximate surface area is 138 Å². The summed E-state index contributed by atoms with van der Waals surface area (Å²) >= 11 is 0. The van der Waals surface area contributed by atoms with E-state index in [2.05, 4.69) is 33.6 Å². The van der Waals surface area contributed by atoms with E-state index in [1.54, 1.807) is 6.33 Å². The molecule has 24 heavy (non-hydrogen) atoms. The fraction of sp³-hybridized carbons (Fsp3) is 0.111. The van der Waals surface area contributed by atoms with Crippen LogP contribution in [0.15, 0.2) is 60.9 Å². The molecule has 2 aromatic carbocycles. The Balaban J connectivity index is 1.62. The number of anilines is 1. The van der Waals surface area contributed by atoms with E-state index in [4.69, 9.17) is 9.47 Å². The SMILES string of the molecule is C1=C(c2ccccc2)Nc2ncnn2C1c1ccc2c(c1)OCO2. The maximum absolute atomic E-state index is 5.51. The van der Waals surface area contributed by atoms with E-state index in [-0.39, 0.29) is 12.8 Å². The Bertz CT molecular complexity index is 933. The van der Waals surface area contributed by atoms with Gasteiger partial charge in [-0.3, -0.25) is 0 Å². The van der Waals surface area contributed by atoms with E-state index in [0.717, 1.165) is 34.3 Å². The number of hydrogen-bond donors (Lipinski definition) is 1. The van der Waals surface area contributed by atoms with E-state index in [9.17, 15) is 0 Å². The molecule has 2 aliphatic heterocycles. The summed E-state index contributed by atoms with van der Waals surface area (Å²) in [6.07, 6.45) is 3.71. The molecule has 0 bridgehead atoms. The fourth-order valence-corrected chi connectivity index (χ4v) is 3.05. The first-order valence-electron chi connectivity index (χ1n) is 7.72. The highest BCUT2D eigenvalue weighted by Crippen LogP contribution is 2.38. The average molecular weight is 318 g/mol. The number of rotatable bonds is 2. The summed E-state index contributed by atoms with van der Waals surface area (Å²) in [4.78, 5) is 4.32. The predicted octanol–water partition coefficient (Wildman–Crippen LogP) is 3.06. The maximum Gasteiger partial charge on any atom is 0.231 e. The number of aromatic nitrogens is 3. The zero-order valence-electron chi connectivity index (χ0n) is 12.7. The number of fused-ring (bicyclic) bond motifs is 2. The zero-order valence-corrected chi connectivity index (χ0v) is 12.7. The normalized spacial score (nSPS) is 17.8. The smallest absolute Gasteiger partial charge is 0.231 e. The van der Waals surface area contributed by atoms with Gasteiger partial charge in [-0.2, -0.15) is 10.1 Å². The Morgan fingerprint density at radius 3 is 2.83 bits per heavy atom. The molecule has 0 saturated carbocycles. The molecular weight excluding hydrogens is 304 g/mol. The third-order valence-corrected chi connectivity index (χ3v) is 4.23. The second kappa shape index (κ2) is 5.13. The van der Waals surface area contributed by atoms with Crippen molar-refractivity contribution in [2.75, 3.05) is 12.1 Å². The monoisotopic (exact) mass is 318 g/mol. The Morgan fingerprint density at radius 1 is 1.04 bits per heavy atom. The van der Waals surface area contributed by atoms with Crippen LogP contribution >= 0.6 is 0 Å². The van der Waals surface area contributed by atoms with Crippen molar-refractivity contribution >= 4 is 11.6 Å². The first kappa shape index (κ1) is 13.2. The summed E-state index contributed by atoms with van der Waals surface area (Å²) in [5.74, 6) is 2.26. The third-order valence-electron chi connectivity index (χ3n) is 4.23. The molecule has 6 nitrogen and oxygen atoms in total. The van der Waals surface area contributed by atoms with Gasteiger partial charge in [0.2, 0.25) is 12.7 Å². The number of nitrogens with zero attached hydrogens (tertiary/aromatic N) is 3. The molecule has 1 N–H and O–H groups in total. The van der Waals surface area contributed by atoms with Crippen molar-refractivity contribution in [3.8, 4) is 11.5 Å². The van der Waals surface area contributed by atoms with E-state index in [0.29, 0.717) is 0 Å². The predicted molar refractivity (Wildman–Crippen MR) is 88.8 cm³/mol. The van der Waals surface area contributed by atoms with Crippen LogP contribution in [0.1, 0.15) is 17.2 Å². The molecule has 3 aromatic rings. The van der Waals surface area contributed by atoms with Gasteiger partial charge >= 0.3 is 0 Å². The second-order valence-corrected chi connectivity index (χ2v) is 5.66. The van der Waals surface area contributed by atoms with Gasteiger partial charge < -0.3 is 14.8 Å². The lowest BCUT2D eigenvalue weighted by Gasteiger charge is -2.24. The molecule has 0 amide bonds. The van der Waals surface area contributed by atoms with Crippen LogP contribution in [0.4, 0.5) is 5.95 Å². The van der Waals surface area contributed by atoms with E-state index in [1.165, 1.54) is 0 Å². The maximum atomic E-state index is 5.51. The molecule has 1 unspecified atom stereocenters. The Hall–Kier alpha value is -3.28. The quantitative estimate of drug-likeness (QED) is 0.787. The third kappa shape index (κ3) is 2.04. The van der Waals surface area contributed by atoms with Crippen molar-refractivity contribution in [3.05, 3.63) is 72.1 Å². The van der Waals surface area contributed by atoms with E-state index >= 15 is 0 Å². The molecule has 6 heteroatoms. The summed E-state index contributed by atoms with van der Waals surface area (Å²) in [6, 6.07) is 16.1. The van der Waals surface area contributed by atoms with Crippen LogP contribution in [0.25, 0.3) is 5.70 Å². The standard InChI is InChI=1S/C18H14N4O2/c1-2-4-12(5-3-1)14-9-15(22-18(21-14)19-10-20-22)13-6-7-16-17(8-13)24-11-23-16/h1-10,15H,11H2,(H,19,20,21). The average Bonchev–Trinajstić information content (AvgIpc) is 3.29. The van der Waals surface area contributed by atoms with Gasteiger partial charge in [0.05, 0.1) is 0 Å². The largest absolute Gasteiger partial charge is 0.454 e. The number of benzene rings is 2. The molecule has 0 spiro atoms. The van der Waals surface area contributed by atoms with Gasteiger partial charge in [0.15, 0.2) is 11.5 Å². The van der Waals surface area contributed by atoms with Crippen molar-refractivity contribution in [1.82, 2.24) is 14.8 Å². The number of ether oxygens (including phenoxy) is 2. The van der Waals surface area contributed by atoms with Crippen LogP contribution in [0.3, 0.4) is 0 Å². The first-order valence-corrected chi connectivity index (χ1v) is 7.72. The van der Waals surface area contributed by atoms with Gasteiger partial charge in [-0.1, -0.05) is 36.4 Å². The van der Waals surface area contributed by atoms with Gasteiger partial charge in [0, 0.05) is 5.70 Å². The minimum atomic E-state index is -0.0616. The molecule has 0 radical (unpaired) electrons. The molecule has 5 rings (SSSR count). The summed E-state index contributed by atoms with van der Waals surface area (Å²) in [5.41, 5.74) is 3.19. The summed E-state index contributed by atoms with van der Waals surface area (Å²) in [6.45, 7) is 0.269. The lowest BCUT2D eigenvalue weighted by atomic mass is 10.0. The van der Waals surface area contributed by atoms with Crippen LogP contribution in [-0.4, -0.2) is 21.6 Å². The number of nitrogens with one attached hydrogen (secondary N) is 1. The minimum absolute atomic E-state index is 0.0616. The molecule has 118 valence electrons. The number of hydrogen-bond acceptors (Lipinski definition) is 5. The van der Waals surface area contributed by atoms with Crippen LogP contribution in [0.5, 0.6) is 11.5 Å². The van der Waals surface area contributed by atoms with Gasteiger partial charge in [0.1, 0.15) is 12.4 Å². The van der Waals surface area contributed by atoms with Gasteiger partial charge in [-0.25, -0.2) is 4.68 Å². The van der Waals surface area contributed by atoms with Crippen LogP contribution < -0.4 is 14.8 Å². The van der Waals surface area contributed by atoms with Crippen molar-refractivity contribution in [3.63, 3.8) is 0 Å². The highest BCUT2D eigenvalue weighted by Gasteiger charge is 2.25. The molecule has 2 aliphatic rings. The Morgan fingerprint density at radius 2 is 1.92 bits per heavy atom. The van der Waals surface area contributed by atoms with Gasteiger partial charge in [-0.05, 0) is 29.3 Å². The van der Waals surface area contributed by atoms with Crippen LogP contribution in [0.2, 0.25) is 0 Å². The van der Waals surface area contributed by atoms with Crippen molar-refractivity contribution in [1.29, 1.82) is 0 Å². The van der Waals surface area contributed by atoms with Crippen molar-refractivity contribution in [2.45, 2.75) is 6.04 Å². The van der Waals surface area contributed by atoms with Gasteiger partial charge in [-0.15, -0.1) is 0 Å². The van der Waals surface area contributed by atoms with Crippen molar-refractivity contribution in [2.24, 2.45) is 0 Å². The molecular formula is C18H14N4O2. The minimum Gasteiger partial charge on any atom is -0.454 e. The van der Waals surface area contributed by atoms with Crippen LogP contribution in [0, 0.1) is 0 Å². The summed E-state index contributed by atoms with van der Waals surface area (Å²) in [5, 5.41) is 7.70. The zero-order chi connectivity index (χ0) is 15.9. The lowest BCUT2D eigenvalue weighted by Crippen LogP contribution is -2.20. The molecule has 0 fully saturated rings. The molecule has 0 saturated heterocycles. The Kier molecular flexibility index (Phi) is 2.82. The van der Waals surface area contributed by atoms with E-state index < -0.39 is 0 Å². The van der Waals surface area contributed by atoms with E-state index in [1.807, 2.05) is 41.1 Å². The highest BCUT2D eigenvalue weighted by molar-refractivity contribution is 5.77. The second-order valence-electron chi connectivity index (χ2n) is 5.66. The molecule has 3 heterocycles. The van der Waals surface area contributed by atoms with Gasteiger partial charge in [0.25, 0.3) is 0 Å². The fourth-order valence-electron chi connectivity index (χ4n) is 3.05.